The third-order valence-corrected chi connectivity index (χ3v) is 5.21. The number of hydrogen-bond acceptors (Lipinski definition) is 6. The van der Waals surface area contributed by atoms with E-state index in [9.17, 15) is 4.79 Å². The van der Waals surface area contributed by atoms with Crippen LogP contribution in [0.15, 0.2) is 53.6 Å². The SMILES string of the molecule is CCc1ccc(-c2c[nH]c(=O)c(Nc3ccnc(N4C[C@@H](C)O[C@@H](C)C4)n3)c2)cc1. The fraction of sp³-hybridized carbons (Fsp3) is 0.348. The number of aryl methyl sites for hydroxylation is 1. The molecule has 3 heterocycles. The van der Waals surface area contributed by atoms with Crippen LogP contribution in [0.5, 0.6) is 0 Å². The smallest absolute Gasteiger partial charge is 0.271 e. The zero-order valence-corrected chi connectivity index (χ0v) is 17.6. The topological polar surface area (TPSA) is 83.1 Å². The second kappa shape index (κ2) is 8.67. The Morgan fingerprint density at radius 1 is 1.13 bits per heavy atom. The first-order valence-electron chi connectivity index (χ1n) is 10.3. The van der Waals surface area contributed by atoms with Crippen LogP contribution < -0.4 is 15.8 Å². The molecule has 1 fully saturated rings. The van der Waals surface area contributed by atoms with Crippen molar-refractivity contribution in [3.05, 3.63) is 64.7 Å². The summed E-state index contributed by atoms with van der Waals surface area (Å²) in [7, 11) is 0. The van der Waals surface area contributed by atoms with E-state index in [0.29, 0.717) is 17.5 Å². The van der Waals surface area contributed by atoms with Crippen molar-refractivity contribution in [2.75, 3.05) is 23.3 Å². The van der Waals surface area contributed by atoms with Crippen molar-refractivity contribution in [1.29, 1.82) is 0 Å². The Labute approximate surface area is 176 Å². The van der Waals surface area contributed by atoms with Gasteiger partial charge in [-0.3, -0.25) is 4.79 Å². The molecule has 1 aromatic carbocycles. The summed E-state index contributed by atoms with van der Waals surface area (Å²) in [6.45, 7) is 7.69. The van der Waals surface area contributed by atoms with Gasteiger partial charge in [0.1, 0.15) is 11.5 Å². The Bertz CT molecular complexity index is 1050. The lowest BCUT2D eigenvalue weighted by atomic mass is 10.0. The Balaban J connectivity index is 1.57. The molecule has 0 saturated carbocycles. The van der Waals surface area contributed by atoms with E-state index in [1.807, 2.05) is 19.9 Å². The first kappa shape index (κ1) is 20.1. The number of pyridine rings is 1. The highest BCUT2D eigenvalue weighted by molar-refractivity contribution is 5.69. The molecular weight excluding hydrogens is 378 g/mol. The van der Waals surface area contributed by atoms with E-state index < -0.39 is 0 Å². The van der Waals surface area contributed by atoms with Crippen LogP contribution in [0.1, 0.15) is 26.3 Å². The molecule has 0 bridgehead atoms. The minimum absolute atomic E-state index is 0.118. The molecule has 1 saturated heterocycles. The van der Waals surface area contributed by atoms with Crippen LogP contribution >= 0.6 is 0 Å². The van der Waals surface area contributed by atoms with Gasteiger partial charge < -0.3 is 19.9 Å². The number of hydrogen-bond donors (Lipinski definition) is 2. The van der Waals surface area contributed by atoms with Crippen LogP contribution in [0, 0.1) is 0 Å². The summed E-state index contributed by atoms with van der Waals surface area (Å²) in [5, 5.41) is 3.15. The Kier molecular flexibility index (Phi) is 5.81. The number of aromatic nitrogens is 3. The molecule has 30 heavy (non-hydrogen) atoms. The fourth-order valence-corrected chi connectivity index (χ4v) is 3.73. The van der Waals surface area contributed by atoms with Gasteiger partial charge >= 0.3 is 0 Å². The van der Waals surface area contributed by atoms with Gasteiger partial charge in [0.15, 0.2) is 0 Å². The van der Waals surface area contributed by atoms with Crippen LogP contribution in [0.25, 0.3) is 11.1 Å². The minimum Gasteiger partial charge on any atom is -0.372 e. The number of benzene rings is 1. The number of morpholine rings is 1. The molecule has 0 amide bonds. The lowest BCUT2D eigenvalue weighted by molar-refractivity contribution is -0.00571. The van der Waals surface area contributed by atoms with Gasteiger partial charge in [-0.05, 0) is 43.5 Å². The van der Waals surface area contributed by atoms with Gasteiger partial charge in [0.05, 0.1) is 12.2 Å². The van der Waals surface area contributed by atoms with Crippen molar-refractivity contribution in [1.82, 2.24) is 15.0 Å². The minimum atomic E-state index is -0.197. The first-order valence-corrected chi connectivity index (χ1v) is 10.3. The average molecular weight is 406 g/mol. The first-order chi connectivity index (χ1) is 14.5. The van der Waals surface area contributed by atoms with E-state index in [2.05, 4.69) is 56.4 Å². The van der Waals surface area contributed by atoms with Gasteiger partial charge in [-0.1, -0.05) is 31.2 Å². The monoisotopic (exact) mass is 405 g/mol. The zero-order valence-electron chi connectivity index (χ0n) is 17.6. The quantitative estimate of drug-likeness (QED) is 0.673. The predicted octanol–water partition coefficient (Wildman–Crippen LogP) is 3.75. The molecule has 0 aliphatic carbocycles. The van der Waals surface area contributed by atoms with E-state index in [0.717, 1.165) is 30.6 Å². The van der Waals surface area contributed by atoms with Crippen molar-refractivity contribution < 1.29 is 4.74 Å². The van der Waals surface area contributed by atoms with Crippen LogP contribution in [0.3, 0.4) is 0 Å². The molecule has 1 aliphatic rings. The number of ether oxygens (including phenoxy) is 1. The van der Waals surface area contributed by atoms with Gasteiger partial charge in [0.2, 0.25) is 5.95 Å². The summed E-state index contributed by atoms with van der Waals surface area (Å²) in [5.74, 6) is 1.21. The number of nitrogens with one attached hydrogen (secondary N) is 2. The van der Waals surface area contributed by atoms with Crippen LogP contribution in [0.2, 0.25) is 0 Å². The summed E-state index contributed by atoms with van der Waals surface area (Å²) in [4.78, 5) is 26.4. The van der Waals surface area contributed by atoms with E-state index >= 15 is 0 Å². The second-order valence-electron chi connectivity index (χ2n) is 7.71. The molecule has 7 nitrogen and oxygen atoms in total. The predicted molar refractivity (Wildman–Crippen MR) is 119 cm³/mol. The van der Waals surface area contributed by atoms with Crippen LogP contribution in [-0.4, -0.2) is 40.2 Å². The van der Waals surface area contributed by atoms with E-state index in [1.54, 1.807) is 18.5 Å². The molecule has 2 N–H and O–H groups in total. The van der Waals surface area contributed by atoms with Crippen LogP contribution in [-0.2, 0) is 11.2 Å². The van der Waals surface area contributed by atoms with Crippen molar-refractivity contribution in [3.8, 4) is 11.1 Å². The van der Waals surface area contributed by atoms with Gasteiger partial charge in [0, 0.05) is 31.0 Å². The van der Waals surface area contributed by atoms with Crippen molar-refractivity contribution in [2.24, 2.45) is 0 Å². The molecule has 4 rings (SSSR count). The summed E-state index contributed by atoms with van der Waals surface area (Å²) in [6.07, 6.45) is 4.67. The molecule has 0 radical (unpaired) electrons. The molecule has 0 unspecified atom stereocenters. The largest absolute Gasteiger partial charge is 0.372 e. The maximum atomic E-state index is 12.4. The maximum absolute atomic E-state index is 12.4. The summed E-state index contributed by atoms with van der Waals surface area (Å²) < 4.78 is 5.79. The van der Waals surface area contributed by atoms with Crippen LogP contribution in [0.4, 0.5) is 17.5 Å². The lowest BCUT2D eigenvalue weighted by Crippen LogP contribution is -2.46. The zero-order chi connectivity index (χ0) is 21.1. The van der Waals surface area contributed by atoms with E-state index in [-0.39, 0.29) is 17.8 Å². The number of rotatable bonds is 5. The maximum Gasteiger partial charge on any atom is 0.271 e. The van der Waals surface area contributed by atoms with E-state index in [4.69, 9.17) is 4.74 Å². The van der Waals surface area contributed by atoms with E-state index in [1.165, 1.54) is 5.56 Å². The second-order valence-corrected chi connectivity index (χ2v) is 7.71. The third kappa shape index (κ3) is 4.52. The third-order valence-electron chi connectivity index (χ3n) is 5.21. The van der Waals surface area contributed by atoms with Gasteiger partial charge in [-0.25, -0.2) is 4.98 Å². The molecule has 2 atom stereocenters. The molecule has 1 aliphatic heterocycles. The molecular formula is C23H27N5O2. The highest BCUT2D eigenvalue weighted by atomic mass is 16.5. The van der Waals surface area contributed by atoms with Gasteiger partial charge in [-0.2, -0.15) is 4.98 Å². The Morgan fingerprint density at radius 2 is 1.87 bits per heavy atom. The van der Waals surface area contributed by atoms with Crippen molar-refractivity contribution >= 4 is 17.5 Å². The summed E-state index contributed by atoms with van der Waals surface area (Å²) in [6, 6.07) is 12.0. The number of H-pyrrole nitrogens is 1. The van der Waals surface area contributed by atoms with Crippen molar-refractivity contribution in [2.45, 2.75) is 39.4 Å². The molecule has 3 aromatic rings. The summed E-state index contributed by atoms with van der Waals surface area (Å²) in [5.41, 5.74) is 3.51. The number of nitrogens with zero attached hydrogens (tertiary/aromatic N) is 3. The normalized spacial score (nSPS) is 19.0. The summed E-state index contributed by atoms with van der Waals surface area (Å²) >= 11 is 0. The van der Waals surface area contributed by atoms with Crippen molar-refractivity contribution in [3.63, 3.8) is 0 Å². The highest BCUT2D eigenvalue weighted by Gasteiger charge is 2.24. The highest BCUT2D eigenvalue weighted by Crippen LogP contribution is 2.23. The van der Waals surface area contributed by atoms with Gasteiger partial charge in [-0.15, -0.1) is 0 Å². The standard InChI is InChI=1S/C23H27N5O2/c1-4-17-5-7-18(8-6-17)19-11-20(22(29)25-12-19)26-21-9-10-24-23(27-21)28-13-15(2)30-16(3)14-28/h5-12,15-16H,4,13-14H2,1-3H3,(H,25,29)(H,24,26,27)/t15-,16+. The molecule has 0 spiro atoms. The molecule has 7 heteroatoms. The fourth-order valence-electron chi connectivity index (χ4n) is 3.73. The number of aromatic amines is 1. The van der Waals surface area contributed by atoms with Gasteiger partial charge in [0.25, 0.3) is 5.56 Å². The molecule has 156 valence electrons. The Hall–Kier alpha value is -3.19. The molecule has 2 aromatic heterocycles. The lowest BCUT2D eigenvalue weighted by Gasteiger charge is -2.35. The average Bonchev–Trinajstić information content (AvgIpc) is 2.75. The number of anilines is 3. The Morgan fingerprint density at radius 3 is 2.57 bits per heavy atom.